The van der Waals surface area contributed by atoms with E-state index in [4.69, 9.17) is 0 Å². The number of rotatable bonds is 5. The standard InChI is InChI=1S/C20H18FN3OS/c1-13-6-3-4-9-17(13)23-18(25)12-26-19-10-14(2)22-20(24-19)15-7-5-8-16(21)11-15/h3-11H,12H2,1-2H3,(H,23,25). The van der Waals surface area contributed by atoms with E-state index >= 15 is 0 Å². The molecule has 0 radical (unpaired) electrons. The van der Waals surface area contributed by atoms with Gasteiger partial charge in [-0.3, -0.25) is 4.79 Å². The Bertz CT molecular complexity index is 946. The summed E-state index contributed by atoms with van der Waals surface area (Å²) in [6, 6.07) is 15.6. The van der Waals surface area contributed by atoms with Crippen molar-refractivity contribution in [2.75, 3.05) is 11.1 Å². The molecule has 0 fully saturated rings. The number of carbonyl (C=O) groups excluding carboxylic acids is 1. The molecule has 0 saturated carbocycles. The summed E-state index contributed by atoms with van der Waals surface area (Å²) in [6.07, 6.45) is 0. The first-order valence-corrected chi connectivity index (χ1v) is 9.10. The minimum atomic E-state index is -0.334. The lowest BCUT2D eigenvalue weighted by molar-refractivity contribution is -0.113. The Morgan fingerprint density at radius 2 is 1.88 bits per heavy atom. The van der Waals surface area contributed by atoms with Gasteiger partial charge in [-0.1, -0.05) is 42.1 Å². The highest BCUT2D eigenvalue weighted by atomic mass is 32.2. The second-order valence-corrected chi connectivity index (χ2v) is 6.83. The number of anilines is 1. The van der Waals surface area contributed by atoms with E-state index in [1.54, 1.807) is 12.1 Å². The van der Waals surface area contributed by atoms with Crippen LogP contribution in [-0.2, 0) is 4.79 Å². The van der Waals surface area contributed by atoms with Crippen LogP contribution in [0.5, 0.6) is 0 Å². The Morgan fingerprint density at radius 3 is 2.65 bits per heavy atom. The third-order valence-electron chi connectivity index (χ3n) is 3.68. The number of amides is 1. The number of aryl methyl sites for hydroxylation is 2. The van der Waals surface area contributed by atoms with Crippen LogP contribution in [0.15, 0.2) is 59.6 Å². The van der Waals surface area contributed by atoms with Crippen molar-refractivity contribution >= 4 is 23.4 Å². The number of hydrogen-bond donors (Lipinski definition) is 1. The van der Waals surface area contributed by atoms with Gasteiger partial charge in [0.05, 0.1) is 5.75 Å². The molecule has 6 heteroatoms. The maximum absolute atomic E-state index is 13.4. The van der Waals surface area contributed by atoms with Gasteiger partial charge >= 0.3 is 0 Å². The molecule has 0 saturated heterocycles. The van der Waals surface area contributed by atoms with Crippen molar-refractivity contribution in [1.29, 1.82) is 0 Å². The average molecular weight is 367 g/mol. The maximum atomic E-state index is 13.4. The van der Waals surface area contributed by atoms with Gasteiger partial charge in [0.15, 0.2) is 5.82 Å². The summed E-state index contributed by atoms with van der Waals surface area (Å²) >= 11 is 1.32. The second-order valence-electron chi connectivity index (χ2n) is 5.83. The average Bonchev–Trinajstić information content (AvgIpc) is 2.61. The van der Waals surface area contributed by atoms with Crippen LogP contribution in [0.1, 0.15) is 11.3 Å². The highest BCUT2D eigenvalue weighted by Crippen LogP contribution is 2.22. The van der Waals surface area contributed by atoms with Crippen LogP contribution < -0.4 is 5.32 Å². The molecular weight excluding hydrogens is 349 g/mol. The molecule has 132 valence electrons. The number of aromatic nitrogens is 2. The molecule has 1 amide bonds. The molecular formula is C20H18FN3OS. The van der Waals surface area contributed by atoms with Gasteiger partial charge in [0.2, 0.25) is 5.91 Å². The Balaban J connectivity index is 1.70. The fourth-order valence-electron chi connectivity index (χ4n) is 2.41. The first kappa shape index (κ1) is 18.1. The van der Waals surface area contributed by atoms with E-state index in [-0.39, 0.29) is 17.5 Å². The van der Waals surface area contributed by atoms with Gasteiger partial charge in [-0.2, -0.15) is 0 Å². The molecule has 0 aliphatic carbocycles. The quantitative estimate of drug-likeness (QED) is 0.528. The first-order valence-electron chi connectivity index (χ1n) is 8.11. The fourth-order valence-corrected chi connectivity index (χ4v) is 3.17. The normalized spacial score (nSPS) is 10.6. The van der Waals surface area contributed by atoms with Crippen molar-refractivity contribution in [3.63, 3.8) is 0 Å². The summed E-state index contributed by atoms with van der Waals surface area (Å²) in [5, 5.41) is 3.57. The van der Waals surface area contributed by atoms with Crippen LogP contribution in [0.3, 0.4) is 0 Å². The van der Waals surface area contributed by atoms with Gasteiger partial charge in [0.1, 0.15) is 10.8 Å². The van der Waals surface area contributed by atoms with Gasteiger partial charge in [-0.05, 0) is 43.7 Å². The van der Waals surface area contributed by atoms with Crippen molar-refractivity contribution < 1.29 is 9.18 Å². The minimum absolute atomic E-state index is 0.104. The molecule has 0 bridgehead atoms. The number of nitrogens with one attached hydrogen (secondary N) is 1. The number of benzene rings is 2. The predicted octanol–water partition coefficient (Wildman–Crippen LogP) is 4.63. The van der Waals surface area contributed by atoms with Crippen LogP contribution in [0.25, 0.3) is 11.4 Å². The number of hydrogen-bond acceptors (Lipinski definition) is 4. The van der Waals surface area contributed by atoms with Crippen LogP contribution in [-0.4, -0.2) is 21.6 Å². The van der Waals surface area contributed by atoms with Crippen molar-refractivity contribution in [1.82, 2.24) is 9.97 Å². The van der Waals surface area contributed by atoms with Crippen molar-refractivity contribution in [3.8, 4) is 11.4 Å². The van der Waals surface area contributed by atoms with Crippen LogP contribution in [0.4, 0.5) is 10.1 Å². The highest BCUT2D eigenvalue weighted by molar-refractivity contribution is 7.99. The van der Waals surface area contributed by atoms with E-state index in [0.717, 1.165) is 16.9 Å². The topological polar surface area (TPSA) is 54.9 Å². The molecule has 1 aromatic heterocycles. The number of carbonyl (C=O) groups is 1. The lowest BCUT2D eigenvalue weighted by atomic mass is 10.2. The predicted molar refractivity (Wildman–Crippen MR) is 103 cm³/mol. The fraction of sp³-hybridized carbons (Fsp3) is 0.150. The molecule has 1 heterocycles. The minimum Gasteiger partial charge on any atom is -0.325 e. The SMILES string of the molecule is Cc1cc(SCC(=O)Nc2ccccc2C)nc(-c2cccc(F)c2)n1. The summed E-state index contributed by atoms with van der Waals surface area (Å²) in [5.74, 6) is 0.242. The van der Waals surface area contributed by atoms with E-state index in [1.165, 1.54) is 23.9 Å². The second kappa shape index (κ2) is 8.10. The van der Waals surface area contributed by atoms with E-state index in [0.29, 0.717) is 16.4 Å². The summed E-state index contributed by atoms with van der Waals surface area (Å²) in [5.41, 5.74) is 3.19. The van der Waals surface area contributed by atoms with Gasteiger partial charge in [0, 0.05) is 16.9 Å². The maximum Gasteiger partial charge on any atom is 0.234 e. The monoisotopic (exact) mass is 367 g/mol. The van der Waals surface area contributed by atoms with E-state index in [9.17, 15) is 9.18 Å². The van der Waals surface area contributed by atoms with Gasteiger partial charge < -0.3 is 5.32 Å². The lowest BCUT2D eigenvalue weighted by Crippen LogP contribution is -2.15. The molecule has 1 N–H and O–H groups in total. The number of halogens is 1. The van der Waals surface area contributed by atoms with E-state index in [1.807, 2.05) is 44.2 Å². The molecule has 0 aliphatic rings. The first-order chi connectivity index (χ1) is 12.5. The molecule has 2 aromatic carbocycles. The highest BCUT2D eigenvalue weighted by Gasteiger charge is 2.10. The lowest BCUT2D eigenvalue weighted by Gasteiger charge is -2.09. The molecule has 4 nitrogen and oxygen atoms in total. The Labute approximate surface area is 155 Å². The molecule has 26 heavy (non-hydrogen) atoms. The zero-order chi connectivity index (χ0) is 18.5. The molecule has 0 spiro atoms. The summed E-state index contributed by atoms with van der Waals surface area (Å²) in [6.45, 7) is 3.80. The molecule has 0 atom stereocenters. The smallest absolute Gasteiger partial charge is 0.234 e. The Hall–Kier alpha value is -2.73. The van der Waals surface area contributed by atoms with Crippen molar-refractivity contribution in [2.24, 2.45) is 0 Å². The summed E-state index contributed by atoms with van der Waals surface area (Å²) < 4.78 is 13.4. The molecule has 3 rings (SSSR count). The third kappa shape index (κ3) is 4.67. The Kier molecular flexibility index (Phi) is 5.63. The van der Waals surface area contributed by atoms with Crippen LogP contribution in [0.2, 0.25) is 0 Å². The molecule has 0 unspecified atom stereocenters. The van der Waals surface area contributed by atoms with E-state index < -0.39 is 0 Å². The largest absolute Gasteiger partial charge is 0.325 e. The van der Waals surface area contributed by atoms with Crippen molar-refractivity contribution in [2.45, 2.75) is 18.9 Å². The van der Waals surface area contributed by atoms with Gasteiger partial charge in [-0.15, -0.1) is 0 Å². The molecule has 0 aliphatic heterocycles. The summed E-state index contributed by atoms with van der Waals surface area (Å²) in [7, 11) is 0. The number of para-hydroxylation sites is 1. The van der Waals surface area contributed by atoms with Gasteiger partial charge in [-0.25, -0.2) is 14.4 Å². The van der Waals surface area contributed by atoms with E-state index in [2.05, 4.69) is 15.3 Å². The third-order valence-corrected chi connectivity index (χ3v) is 4.60. The van der Waals surface area contributed by atoms with Crippen LogP contribution >= 0.6 is 11.8 Å². The van der Waals surface area contributed by atoms with Crippen molar-refractivity contribution in [3.05, 3.63) is 71.7 Å². The summed E-state index contributed by atoms with van der Waals surface area (Å²) in [4.78, 5) is 21.0. The number of nitrogens with zero attached hydrogens (tertiary/aromatic N) is 2. The zero-order valence-electron chi connectivity index (χ0n) is 14.5. The van der Waals surface area contributed by atoms with Gasteiger partial charge in [0.25, 0.3) is 0 Å². The van der Waals surface area contributed by atoms with Crippen LogP contribution in [0, 0.1) is 19.7 Å². The Morgan fingerprint density at radius 1 is 1.08 bits per heavy atom. The number of thioether (sulfide) groups is 1. The molecule has 3 aromatic rings. The zero-order valence-corrected chi connectivity index (χ0v) is 15.3.